The summed E-state index contributed by atoms with van der Waals surface area (Å²) >= 11 is 0. The van der Waals surface area contributed by atoms with E-state index < -0.39 is 23.4 Å². The second kappa shape index (κ2) is 8.63. The molecule has 2 aromatic rings. The van der Waals surface area contributed by atoms with Gasteiger partial charge in [0, 0.05) is 36.7 Å². The molecule has 6 rings (SSSR count). The molecule has 0 radical (unpaired) electrons. The van der Waals surface area contributed by atoms with E-state index in [1.54, 1.807) is 4.68 Å². The number of fused-ring (bicyclic) bond motifs is 4. The maximum absolute atomic E-state index is 14.4. The monoisotopic (exact) mass is 495 g/mol. The van der Waals surface area contributed by atoms with Gasteiger partial charge in [-0.15, -0.1) is 0 Å². The highest BCUT2D eigenvalue weighted by Crippen LogP contribution is 2.56. The van der Waals surface area contributed by atoms with Crippen molar-refractivity contribution in [3.8, 4) is 11.3 Å². The van der Waals surface area contributed by atoms with Gasteiger partial charge in [0.1, 0.15) is 23.1 Å². The number of ether oxygens (including phenoxy) is 3. The van der Waals surface area contributed by atoms with E-state index in [2.05, 4.69) is 10.4 Å². The number of halogens is 3. The Kier molecular flexibility index (Phi) is 5.69. The van der Waals surface area contributed by atoms with E-state index in [0.29, 0.717) is 39.4 Å². The number of hydrogen-bond donors (Lipinski definition) is 1. The van der Waals surface area contributed by atoms with Crippen molar-refractivity contribution in [3.63, 3.8) is 0 Å². The Labute approximate surface area is 200 Å². The molecule has 4 heterocycles. The number of hydrogen-bond acceptors (Lipinski definition) is 6. The van der Waals surface area contributed by atoms with Gasteiger partial charge in [-0.3, -0.25) is 9.48 Å². The SMILES string of the molecule is O=C(NC[C@@H]1CCCO1)c1oc2c(c1C(F)(F)F)-c1nn(C[C@H]3COCCO3)cc1C1(CCC1)C2. The number of carbonyl (C=O) groups excluding carboxylic acids is 1. The largest absolute Gasteiger partial charge is 0.454 e. The van der Waals surface area contributed by atoms with Crippen LogP contribution in [-0.2, 0) is 38.8 Å². The molecule has 1 N–H and O–H groups in total. The molecule has 1 spiro atoms. The van der Waals surface area contributed by atoms with E-state index in [9.17, 15) is 18.0 Å². The van der Waals surface area contributed by atoms with Crippen molar-refractivity contribution in [3.05, 3.63) is 28.8 Å². The zero-order valence-corrected chi connectivity index (χ0v) is 19.3. The van der Waals surface area contributed by atoms with Crippen molar-refractivity contribution < 1.29 is 36.6 Å². The summed E-state index contributed by atoms with van der Waals surface area (Å²) < 4.78 is 67.2. The molecule has 1 saturated carbocycles. The molecule has 2 atom stereocenters. The molecule has 190 valence electrons. The number of aromatic nitrogens is 2. The first-order valence-electron chi connectivity index (χ1n) is 12.2. The zero-order valence-electron chi connectivity index (χ0n) is 19.3. The predicted molar refractivity (Wildman–Crippen MR) is 116 cm³/mol. The van der Waals surface area contributed by atoms with Gasteiger partial charge >= 0.3 is 6.18 Å². The topological polar surface area (TPSA) is 87.8 Å². The van der Waals surface area contributed by atoms with Crippen molar-refractivity contribution in [1.29, 1.82) is 0 Å². The first kappa shape index (κ1) is 23.1. The molecule has 8 nitrogen and oxygen atoms in total. The normalized spacial score (nSPS) is 25.2. The van der Waals surface area contributed by atoms with Crippen LogP contribution in [0.2, 0.25) is 0 Å². The smallest absolute Gasteiger partial charge is 0.420 e. The molecule has 1 amide bonds. The molecule has 0 aromatic carbocycles. The minimum atomic E-state index is -4.78. The van der Waals surface area contributed by atoms with Crippen molar-refractivity contribution in [2.75, 3.05) is 33.0 Å². The molecule has 2 aliphatic heterocycles. The fourth-order valence-electron chi connectivity index (χ4n) is 5.77. The van der Waals surface area contributed by atoms with E-state index in [-0.39, 0.29) is 41.2 Å². The van der Waals surface area contributed by atoms with Crippen LogP contribution in [0, 0.1) is 0 Å². The van der Waals surface area contributed by atoms with Crippen molar-refractivity contribution >= 4 is 5.91 Å². The highest BCUT2D eigenvalue weighted by molar-refractivity contribution is 5.96. The molecule has 0 unspecified atom stereocenters. The van der Waals surface area contributed by atoms with E-state index in [0.717, 1.165) is 37.7 Å². The number of furan rings is 1. The number of amides is 1. The number of nitrogens with one attached hydrogen (secondary N) is 1. The summed E-state index contributed by atoms with van der Waals surface area (Å²) in [6.07, 6.45) is 1.30. The van der Waals surface area contributed by atoms with Gasteiger partial charge in [0.05, 0.1) is 38.0 Å². The maximum atomic E-state index is 14.4. The lowest BCUT2D eigenvalue weighted by molar-refractivity contribution is -0.137. The summed E-state index contributed by atoms with van der Waals surface area (Å²) in [4.78, 5) is 12.9. The van der Waals surface area contributed by atoms with Gasteiger partial charge in [0.25, 0.3) is 5.91 Å². The van der Waals surface area contributed by atoms with Crippen molar-refractivity contribution in [1.82, 2.24) is 15.1 Å². The lowest BCUT2D eigenvalue weighted by Crippen LogP contribution is -2.38. The second-order valence-electron chi connectivity index (χ2n) is 9.94. The van der Waals surface area contributed by atoms with Crippen LogP contribution in [0.3, 0.4) is 0 Å². The summed E-state index contributed by atoms with van der Waals surface area (Å²) in [5, 5.41) is 7.17. The molecule has 2 aliphatic carbocycles. The molecular formula is C24H28F3N3O5. The van der Waals surface area contributed by atoms with Gasteiger partial charge in [0.15, 0.2) is 0 Å². The van der Waals surface area contributed by atoms with Gasteiger partial charge in [-0.05, 0) is 25.7 Å². The zero-order chi connectivity index (χ0) is 24.2. The highest BCUT2D eigenvalue weighted by Gasteiger charge is 2.52. The van der Waals surface area contributed by atoms with Crippen molar-refractivity contribution in [2.24, 2.45) is 0 Å². The minimum absolute atomic E-state index is 0.105. The van der Waals surface area contributed by atoms with E-state index in [1.165, 1.54) is 0 Å². The predicted octanol–water partition coefficient (Wildman–Crippen LogP) is 3.46. The minimum Gasteiger partial charge on any atom is -0.454 e. The molecular weight excluding hydrogens is 467 g/mol. The first-order chi connectivity index (χ1) is 16.8. The summed E-state index contributed by atoms with van der Waals surface area (Å²) in [6, 6.07) is 0. The van der Waals surface area contributed by atoms with Gasteiger partial charge in [0.2, 0.25) is 5.76 Å². The van der Waals surface area contributed by atoms with Crippen LogP contribution < -0.4 is 5.32 Å². The Morgan fingerprint density at radius 2 is 2.00 bits per heavy atom. The average Bonchev–Trinajstić information content (AvgIpc) is 3.53. The molecule has 11 heteroatoms. The van der Waals surface area contributed by atoms with Crippen LogP contribution in [0.5, 0.6) is 0 Å². The van der Waals surface area contributed by atoms with Gasteiger partial charge < -0.3 is 23.9 Å². The second-order valence-corrected chi connectivity index (χ2v) is 9.94. The third-order valence-corrected chi connectivity index (χ3v) is 7.64. The summed E-state index contributed by atoms with van der Waals surface area (Å²) in [7, 11) is 0. The molecule has 2 aromatic heterocycles. The van der Waals surface area contributed by atoms with Crippen LogP contribution in [0.4, 0.5) is 13.2 Å². The van der Waals surface area contributed by atoms with Crippen LogP contribution in [0.1, 0.15) is 59.5 Å². The van der Waals surface area contributed by atoms with E-state index in [4.69, 9.17) is 18.6 Å². The lowest BCUT2D eigenvalue weighted by Gasteiger charge is -2.43. The summed E-state index contributed by atoms with van der Waals surface area (Å²) in [5.41, 5.74) is -0.402. The van der Waals surface area contributed by atoms with Crippen molar-refractivity contribution in [2.45, 2.75) is 68.9 Å². The summed E-state index contributed by atoms with van der Waals surface area (Å²) in [5.74, 6) is -1.38. The third-order valence-electron chi connectivity index (χ3n) is 7.64. The fraction of sp³-hybridized carbons (Fsp3) is 0.667. The number of carbonyl (C=O) groups is 1. The first-order valence-corrected chi connectivity index (χ1v) is 12.2. The molecule has 35 heavy (non-hydrogen) atoms. The lowest BCUT2D eigenvalue weighted by atomic mass is 9.59. The Bertz CT molecular complexity index is 1110. The fourth-order valence-corrected chi connectivity index (χ4v) is 5.77. The Balaban J connectivity index is 1.38. The summed E-state index contributed by atoms with van der Waals surface area (Å²) in [6.45, 7) is 2.54. The molecule has 2 saturated heterocycles. The Hall–Kier alpha value is -2.37. The van der Waals surface area contributed by atoms with Crippen LogP contribution in [0.15, 0.2) is 10.6 Å². The standard InChI is InChI=1S/C24H28F3N3O5/c25-24(26,27)19-18-17(35-21(19)22(31)28-10-14-3-1-6-33-14)9-23(4-2-5-23)16-12-30(29-20(16)18)11-15-13-32-7-8-34-15/h12,14-15H,1-11,13H2,(H,28,31)/t14-,15-/m0/s1. The van der Waals surface area contributed by atoms with Gasteiger partial charge in [-0.2, -0.15) is 18.3 Å². The van der Waals surface area contributed by atoms with E-state index in [1.807, 2.05) is 6.20 Å². The molecule has 0 bridgehead atoms. The third kappa shape index (κ3) is 4.07. The average molecular weight is 495 g/mol. The number of alkyl halides is 3. The number of rotatable bonds is 5. The van der Waals surface area contributed by atoms with Crippen LogP contribution >= 0.6 is 0 Å². The Morgan fingerprint density at radius 1 is 1.17 bits per heavy atom. The number of nitrogens with zero attached hydrogens (tertiary/aromatic N) is 2. The van der Waals surface area contributed by atoms with Gasteiger partial charge in [-0.25, -0.2) is 0 Å². The molecule has 4 aliphatic rings. The highest BCUT2D eigenvalue weighted by atomic mass is 19.4. The molecule has 3 fully saturated rings. The van der Waals surface area contributed by atoms with Crippen LogP contribution in [0.25, 0.3) is 11.3 Å². The van der Waals surface area contributed by atoms with E-state index >= 15 is 0 Å². The maximum Gasteiger partial charge on any atom is 0.420 e. The quantitative estimate of drug-likeness (QED) is 0.684. The van der Waals surface area contributed by atoms with Gasteiger partial charge in [-0.1, -0.05) is 6.42 Å². The van der Waals surface area contributed by atoms with Crippen LogP contribution in [-0.4, -0.2) is 60.9 Å². The Morgan fingerprint density at radius 3 is 2.66 bits per heavy atom.